The van der Waals surface area contributed by atoms with Crippen LogP contribution in [-0.2, 0) is 9.53 Å². The zero-order chi connectivity index (χ0) is 16.4. The molecule has 0 aliphatic carbocycles. The molecule has 1 atom stereocenters. The zero-order valence-electron chi connectivity index (χ0n) is 14.5. The van der Waals surface area contributed by atoms with Gasteiger partial charge in [-0.05, 0) is 52.2 Å². The molecule has 118 valence electrons. The van der Waals surface area contributed by atoms with Gasteiger partial charge in [0.05, 0.1) is 17.0 Å². The normalized spacial score (nSPS) is 13.9. The molecule has 1 rings (SSSR count). The number of ether oxygens (including phenoxy) is 1. The molecule has 0 saturated carbocycles. The van der Waals surface area contributed by atoms with E-state index in [9.17, 15) is 4.79 Å². The van der Waals surface area contributed by atoms with Crippen LogP contribution >= 0.6 is 0 Å². The van der Waals surface area contributed by atoms with Crippen LogP contribution in [0.4, 0.5) is 5.69 Å². The third-order valence-corrected chi connectivity index (χ3v) is 2.98. The Bertz CT molecular complexity index is 511. The van der Waals surface area contributed by atoms with Crippen LogP contribution in [0.15, 0.2) is 12.1 Å². The molecule has 1 heterocycles. The van der Waals surface area contributed by atoms with Gasteiger partial charge in [-0.2, -0.15) is 0 Å². The van der Waals surface area contributed by atoms with Crippen molar-refractivity contribution >= 4 is 11.6 Å². The summed E-state index contributed by atoms with van der Waals surface area (Å²) in [6.45, 7) is 15.7. The van der Waals surface area contributed by atoms with Gasteiger partial charge >= 0.3 is 0 Å². The number of amides is 1. The standard InChI is InChI=1S/C17H28N2O2/c1-11-9-10-13(12(2)18-11)19-15(20)14(16(3,4)5)21-17(6,7)8/h9-10,14H,1-8H3,(H,19,20). The summed E-state index contributed by atoms with van der Waals surface area (Å²) in [5.74, 6) is -0.133. The number of anilines is 1. The average molecular weight is 292 g/mol. The summed E-state index contributed by atoms with van der Waals surface area (Å²) < 4.78 is 5.97. The molecule has 1 aromatic heterocycles. The number of carbonyl (C=O) groups is 1. The lowest BCUT2D eigenvalue weighted by Gasteiger charge is -2.35. The van der Waals surface area contributed by atoms with Crippen LogP contribution in [0.2, 0.25) is 0 Å². The smallest absolute Gasteiger partial charge is 0.254 e. The van der Waals surface area contributed by atoms with E-state index in [0.29, 0.717) is 0 Å². The van der Waals surface area contributed by atoms with Crippen molar-refractivity contribution in [2.45, 2.75) is 67.1 Å². The number of hydrogen-bond donors (Lipinski definition) is 1. The molecule has 0 radical (unpaired) electrons. The Balaban J connectivity index is 2.96. The number of hydrogen-bond acceptors (Lipinski definition) is 3. The molecule has 1 unspecified atom stereocenters. The van der Waals surface area contributed by atoms with Crippen LogP contribution in [0, 0.1) is 19.3 Å². The first-order valence-electron chi connectivity index (χ1n) is 7.33. The van der Waals surface area contributed by atoms with Gasteiger partial charge in [0.1, 0.15) is 6.10 Å². The third-order valence-electron chi connectivity index (χ3n) is 2.98. The van der Waals surface area contributed by atoms with Gasteiger partial charge in [0.25, 0.3) is 5.91 Å². The number of carbonyl (C=O) groups excluding carboxylic acids is 1. The van der Waals surface area contributed by atoms with Crippen LogP contribution < -0.4 is 5.32 Å². The number of aromatic nitrogens is 1. The Morgan fingerprint density at radius 3 is 2.14 bits per heavy atom. The van der Waals surface area contributed by atoms with E-state index in [1.165, 1.54) is 0 Å². The van der Waals surface area contributed by atoms with Crippen LogP contribution in [0.1, 0.15) is 52.9 Å². The average Bonchev–Trinajstić information content (AvgIpc) is 2.27. The zero-order valence-corrected chi connectivity index (χ0v) is 14.5. The van der Waals surface area contributed by atoms with E-state index >= 15 is 0 Å². The molecule has 1 amide bonds. The molecule has 0 bridgehead atoms. The number of aryl methyl sites for hydroxylation is 2. The minimum Gasteiger partial charge on any atom is -0.362 e. The van der Waals surface area contributed by atoms with Crippen molar-refractivity contribution in [3.63, 3.8) is 0 Å². The highest BCUT2D eigenvalue weighted by atomic mass is 16.5. The molecule has 0 spiro atoms. The molecule has 1 N–H and O–H groups in total. The van der Waals surface area contributed by atoms with Gasteiger partial charge in [-0.25, -0.2) is 0 Å². The van der Waals surface area contributed by atoms with E-state index in [-0.39, 0.29) is 16.9 Å². The van der Waals surface area contributed by atoms with E-state index in [1.807, 2.05) is 67.5 Å². The van der Waals surface area contributed by atoms with Crippen molar-refractivity contribution in [2.24, 2.45) is 5.41 Å². The van der Waals surface area contributed by atoms with Gasteiger partial charge in [0.15, 0.2) is 0 Å². The van der Waals surface area contributed by atoms with Gasteiger partial charge in [-0.15, -0.1) is 0 Å². The summed E-state index contributed by atoms with van der Waals surface area (Å²) in [6.07, 6.45) is -0.529. The van der Waals surface area contributed by atoms with E-state index in [1.54, 1.807) is 0 Å². The predicted molar refractivity (Wildman–Crippen MR) is 86.4 cm³/mol. The van der Waals surface area contributed by atoms with Gasteiger partial charge in [0, 0.05) is 5.69 Å². The monoisotopic (exact) mass is 292 g/mol. The Hall–Kier alpha value is -1.42. The minimum atomic E-state index is -0.529. The number of nitrogens with zero attached hydrogens (tertiary/aromatic N) is 1. The quantitative estimate of drug-likeness (QED) is 0.920. The Kier molecular flexibility index (Phi) is 5.16. The summed E-state index contributed by atoms with van der Waals surface area (Å²) in [5.41, 5.74) is 1.81. The molecule has 4 nitrogen and oxygen atoms in total. The highest BCUT2D eigenvalue weighted by molar-refractivity contribution is 5.95. The molecular formula is C17H28N2O2. The number of pyridine rings is 1. The molecule has 0 saturated heterocycles. The first-order chi connectivity index (χ1) is 9.40. The molecule has 0 aliphatic heterocycles. The molecule has 0 fully saturated rings. The summed E-state index contributed by atoms with van der Waals surface area (Å²) in [7, 11) is 0. The molecule has 0 aromatic carbocycles. The highest BCUT2D eigenvalue weighted by Crippen LogP contribution is 2.28. The predicted octanol–water partition coefficient (Wildman–Crippen LogP) is 3.87. The number of rotatable bonds is 3. The third kappa shape index (κ3) is 5.46. The van der Waals surface area contributed by atoms with Crippen molar-refractivity contribution in [3.05, 3.63) is 23.5 Å². The molecule has 4 heteroatoms. The van der Waals surface area contributed by atoms with Crippen molar-refractivity contribution in [3.8, 4) is 0 Å². The van der Waals surface area contributed by atoms with Crippen LogP contribution in [0.25, 0.3) is 0 Å². The lowest BCUT2D eigenvalue weighted by atomic mass is 9.87. The fourth-order valence-corrected chi connectivity index (χ4v) is 1.99. The fourth-order valence-electron chi connectivity index (χ4n) is 1.99. The molecular weight excluding hydrogens is 264 g/mol. The van der Waals surface area contributed by atoms with E-state index < -0.39 is 6.10 Å². The van der Waals surface area contributed by atoms with Crippen molar-refractivity contribution < 1.29 is 9.53 Å². The van der Waals surface area contributed by atoms with Crippen LogP contribution in [-0.4, -0.2) is 22.6 Å². The van der Waals surface area contributed by atoms with Gasteiger partial charge in [-0.3, -0.25) is 9.78 Å². The van der Waals surface area contributed by atoms with Gasteiger partial charge in [-0.1, -0.05) is 20.8 Å². The van der Waals surface area contributed by atoms with E-state index in [0.717, 1.165) is 17.1 Å². The second-order valence-electron chi connectivity index (χ2n) is 7.55. The first-order valence-corrected chi connectivity index (χ1v) is 7.33. The summed E-state index contributed by atoms with van der Waals surface area (Å²) in [5, 5.41) is 2.94. The first kappa shape index (κ1) is 17.6. The largest absolute Gasteiger partial charge is 0.362 e. The second kappa shape index (κ2) is 6.14. The molecule has 1 aromatic rings. The summed E-state index contributed by atoms with van der Waals surface area (Å²) >= 11 is 0. The molecule has 0 aliphatic rings. The minimum absolute atomic E-state index is 0.133. The molecule has 21 heavy (non-hydrogen) atoms. The fraction of sp³-hybridized carbons (Fsp3) is 0.647. The van der Waals surface area contributed by atoms with E-state index in [4.69, 9.17) is 4.74 Å². The SMILES string of the molecule is Cc1ccc(NC(=O)C(OC(C)(C)C)C(C)(C)C)c(C)n1. The maximum Gasteiger partial charge on any atom is 0.254 e. The van der Waals surface area contributed by atoms with Crippen molar-refractivity contribution in [1.82, 2.24) is 4.98 Å². The van der Waals surface area contributed by atoms with Gasteiger partial charge < -0.3 is 10.1 Å². The van der Waals surface area contributed by atoms with E-state index in [2.05, 4.69) is 10.3 Å². The van der Waals surface area contributed by atoms with Crippen LogP contribution in [0.3, 0.4) is 0 Å². The van der Waals surface area contributed by atoms with Gasteiger partial charge in [0.2, 0.25) is 0 Å². The maximum atomic E-state index is 12.6. The second-order valence-corrected chi connectivity index (χ2v) is 7.55. The maximum absolute atomic E-state index is 12.6. The van der Waals surface area contributed by atoms with Crippen LogP contribution in [0.5, 0.6) is 0 Å². The number of nitrogens with one attached hydrogen (secondary N) is 1. The topological polar surface area (TPSA) is 51.2 Å². The lowest BCUT2D eigenvalue weighted by Crippen LogP contribution is -2.45. The Labute approximate surface area is 128 Å². The summed E-state index contributed by atoms with van der Waals surface area (Å²) in [6, 6.07) is 3.77. The summed E-state index contributed by atoms with van der Waals surface area (Å²) in [4.78, 5) is 17.0. The van der Waals surface area contributed by atoms with Crippen molar-refractivity contribution in [2.75, 3.05) is 5.32 Å². The highest BCUT2D eigenvalue weighted by Gasteiger charge is 2.35. The lowest BCUT2D eigenvalue weighted by molar-refractivity contribution is -0.149. The Morgan fingerprint density at radius 1 is 1.14 bits per heavy atom. The van der Waals surface area contributed by atoms with Crippen molar-refractivity contribution in [1.29, 1.82) is 0 Å². The Morgan fingerprint density at radius 2 is 1.71 bits per heavy atom.